The molecule has 3 aromatic rings. The quantitative estimate of drug-likeness (QED) is 0.482. The standard InChI is InChI=1S/C24H22FN3O4S/c1-16(29)28(21-6-3-2-5-20(21)25)24-26-18(15-33-24)14-32-23(31)13-17-8-10-19(11-9-17)27-12-4-7-22(27)30/h2-3,5-6,8-11,15H,4,7,12-14H2,1H3. The number of ether oxygens (including phenoxy) is 1. The molecule has 1 saturated heterocycles. The highest BCUT2D eigenvalue weighted by Crippen LogP contribution is 2.31. The molecule has 9 heteroatoms. The molecule has 0 bridgehead atoms. The van der Waals surface area contributed by atoms with Crippen molar-refractivity contribution < 1.29 is 23.5 Å². The first-order chi connectivity index (χ1) is 15.9. The molecule has 2 aromatic carbocycles. The lowest BCUT2D eigenvalue weighted by molar-refractivity contribution is -0.144. The fourth-order valence-electron chi connectivity index (χ4n) is 3.59. The van der Waals surface area contributed by atoms with Crippen LogP contribution in [0.2, 0.25) is 0 Å². The van der Waals surface area contributed by atoms with Gasteiger partial charge in [-0.05, 0) is 36.2 Å². The van der Waals surface area contributed by atoms with Crippen molar-refractivity contribution in [3.8, 4) is 0 Å². The van der Waals surface area contributed by atoms with Crippen molar-refractivity contribution >= 4 is 45.6 Å². The van der Waals surface area contributed by atoms with Crippen molar-refractivity contribution in [2.45, 2.75) is 32.8 Å². The lowest BCUT2D eigenvalue weighted by Crippen LogP contribution is -2.23. The number of halogens is 1. The summed E-state index contributed by atoms with van der Waals surface area (Å²) in [6, 6.07) is 13.2. The molecule has 170 valence electrons. The summed E-state index contributed by atoms with van der Waals surface area (Å²) in [5, 5.41) is 1.96. The second-order valence-electron chi connectivity index (χ2n) is 7.58. The number of nitrogens with zero attached hydrogens (tertiary/aromatic N) is 3. The van der Waals surface area contributed by atoms with Crippen molar-refractivity contribution in [3.05, 3.63) is 71.0 Å². The normalized spacial score (nSPS) is 13.3. The van der Waals surface area contributed by atoms with Gasteiger partial charge in [-0.1, -0.05) is 24.3 Å². The number of anilines is 3. The maximum absolute atomic E-state index is 14.2. The Kier molecular flexibility index (Phi) is 6.79. The molecule has 0 atom stereocenters. The van der Waals surface area contributed by atoms with Crippen LogP contribution in [0.4, 0.5) is 20.9 Å². The minimum atomic E-state index is -0.531. The summed E-state index contributed by atoms with van der Waals surface area (Å²) in [4.78, 5) is 43.5. The number of carbonyl (C=O) groups excluding carboxylic acids is 3. The summed E-state index contributed by atoms with van der Waals surface area (Å²) in [6.45, 7) is 1.99. The molecule has 0 N–H and O–H groups in total. The van der Waals surface area contributed by atoms with Gasteiger partial charge < -0.3 is 9.64 Å². The molecule has 2 amide bonds. The summed E-state index contributed by atoms with van der Waals surface area (Å²) in [5.41, 5.74) is 2.18. The van der Waals surface area contributed by atoms with Gasteiger partial charge in [0.2, 0.25) is 11.8 Å². The number of thiazole rings is 1. The Morgan fingerprint density at radius 2 is 1.94 bits per heavy atom. The van der Waals surface area contributed by atoms with Crippen LogP contribution in [0.3, 0.4) is 0 Å². The molecule has 0 unspecified atom stereocenters. The Morgan fingerprint density at radius 1 is 1.18 bits per heavy atom. The van der Waals surface area contributed by atoms with Gasteiger partial charge in [0.15, 0.2) is 5.13 Å². The van der Waals surface area contributed by atoms with Crippen LogP contribution < -0.4 is 9.80 Å². The second kappa shape index (κ2) is 9.91. The van der Waals surface area contributed by atoms with Gasteiger partial charge in [-0.25, -0.2) is 9.37 Å². The van der Waals surface area contributed by atoms with E-state index in [0.717, 1.165) is 29.0 Å². The molecule has 33 heavy (non-hydrogen) atoms. The monoisotopic (exact) mass is 467 g/mol. The zero-order valence-corrected chi connectivity index (χ0v) is 18.8. The van der Waals surface area contributed by atoms with Gasteiger partial charge in [-0.3, -0.25) is 19.3 Å². The lowest BCUT2D eigenvalue weighted by Gasteiger charge is -2.18. The summed E-state index contributed by atoms with van der Waals surface area (Å²) in [6.07, 6.45) is 1.51. The molecule has 4 rings (SSSR count). The molecular formula is C24H22FN3O4S. The maximum atomic E-state index is 14.2. The third-order valence-corrected chi connectivity index (χ3v) is 6.06. The van der Waals surface area contributed by atoms with E-state index in [2.05, 4.69) is 4.98 Å². The molecule has 7 nitrogen and oxygen atoms in total. The maximum Gasteiger partial charge on any atom is 0.310 e. The largest absolute Gasteiger partial charge is 0.459 e. The second-order valence-corrected chi connectivity index (χ2v) is 8.42. The number of aromatic nitrogens is 1. The van der Waals surface area contributed by atoms with Crippen LogP contribution in [-0.4, -0.2) is 29.3 Å². The Labute approximate surface area is 194 Å². The van der Waals surface area contributed by atoms with Crippen LogP contribution in [0, 0.1) is 5.82 Å². The molecule has 1 fully saturated rings. The van der Waals surface area contributed by atoms with Crippen LogP contribution >= 0.6 is 11.3 Å². The summed E-state index contributed by atoms with van der Waals surface area (Å²) >= 11 is 1.16. The van der Waals surface area contributed by atoms with Gasteiger partial charge in [-0.15, -0.1) is 11.3 Å². The fourth-order valence-corrected chi connectivity index (χ4v) is 4.46. The lowest BCUT2D eigenvalue weighted by atomic mass is 10.1. The summed E-state index contributed by atoms with van der Waals surface area (Å²) in [7, 11) is 0. The summed E-state index contributed by atoms with van der Waals surface area (Å²) < 4.78 is 19.5. The van der Waals surface area contributed by atoms with E-state index < -0.39 is 11.8 Å². The van der Waals surface area contributed by atoms with E-state index in [-0.39, 0.29) is 30.5 Å². The minimum absolute atomic E-state index is 0.0568. The van der Waals surface area contributed by atoms with E-state index in [1.54, 1.807) is 22.4 Å². The van der Waals surface area contributed by atoms with Crippen molar-refractivity contribution in [1.82, 2.24) is 4.98 Å². The van der Waals surface area contributed by atoms with Gasteiger partial charge in [-0.2, -0.15) is 0 Å². The number of benzene rings is 2. The fraction of sp³-hybridized carbons (Fsp3) is 0.250. The Hall–Kier alpha value is -3.59. The highest BCUT2D eigenvalue weighted by atomic mass is 32.1. The van der Waals surface area contributed by atoms with E-state index in [1.807, 2.05) is 24.3 Å². The average Bonchev–Trinajstić information content (AvgIpc) is 3.43. The third kappa shape index (κ3) is 5.25. The van der Waals surface area contributed by atoms with Crippen molar-refractivity contribution in [2.24, 2.45) is 0 Å². The molecular weight excluding hydrogens is 445 g/mol. The number of amides is 2. The van der Waals surface area contributed by atoms with E-state index in [9.17, 15) is 18.8 Å². The first-order valence-corrected chi connectivity index (χ1v) is 11.3. The number of rotatable bonds is 7. The molecule has 0 radical (unpaired) electrons. The van der Waals surface area contributed by atoms with Gasteiger partial charge >= 0.3 is 5.97 Å². The van der Waals surface area contributed by atoms with Gasteiger partial charge in [0.1, 0.15) is 12.4 Å². The predicted molar refractivity (Wildman–Crippen MR) is 123 cm³/mol. The predicted octanol–water partition coefficient (Wildman–Crippen LogP) is 4.38. The molecule has 0 saturated carbocycles. The topological polar surface area (TPSA) is 79.8 Å². The zero-order chi connectivity index (χ0) is 23.4. The van der Waals surface area contributed by atoms with E-state index >= 15 is 0 Å². The van der Waals surface area contributed by atoms with Crippen LogP contribution in [0.5, 0.6) is 0 Å². The van der Waals surface area contributed by atoms with Gasteiger partial charge in [0, 0.05) is 31.0 Å². The van der Waals surface area contributed by atoms with Crippen molar-refractivity contribution in [2.75, 3.05) is 16.3 Å². The first-order valence-electron chi connectivity index (χ1n) is 10.5. The molecule has 1 aliphatic heterocycles. The minimum Gasteiger partial charge on any atom is -0.459 e. The van der Waals surface area contributed by atoms with Gasteiger partial charge in [0.25, 0.3) is 0 Å². The highest BCUT2D eigenvalue weighted by Gasteiger charge is 2.22. The van der Waals surface area contributed by atoms with Crippen molar-refractivity contribution in [3.63, 3.8) is 0 Å². The Morgan fingerprint density at radius 3 is 2.61 bits per heavy atom. The SMILES string of the molecule is CC(=O)N(c1nc(COC(=O)Cc2ccc(N3CCCC3=O)cc2)cs1)c1ccccc1F. The van der Waals surface area contributed by atoms with Crippen LogP contribution in [0.25, 0.3) is 0 Å². The van der Waals surface area contributed by atoms with E-state index in [1.165, 1.54) is 24.0 Å². The number of hydrogen-bond acceptors (Lipinski definition) is 6. The van der Waals surface area contributed by atoms with Gasteiger partial charge in [0.05, 0.1) is 17.8 Å². The molecule has 2 heterocycles. The highest BCUT2D eigenvalue weighted by molar-refractivity contribution is 7.14. The van der Waals surface area contributed by atoms with Crippen LogP contribution in [-0.2, 0) is 32.1 Å². The number of esters is 1. The summed E-state index contributed by atoms with van der Waals surface area (Å²) in [5.74, 6) is -1.22. The molecule has 0 spiro atoms. The number of carbonyl (C=O) groups is 3. The first kappa shape index (κ1) is 22.6. The van der Waals surface area contributed by atoms with Crippen LogP contribution in [0.1, 0.15) is 31.0 Å². The van der Waals surface area contributed by atoms with E-state index in [4.69, 9.17) is 4.74 Å². The third-order valence-electron chi connectivity index (χ3n) is 5.19. The smallest absolute Gasteiger partial charge is 0.310 e. The van der Waals surface area contributed by atoms with Crippen LogP contribution in [0.15, 0.2) is 53.9 Å². The zero-order valence-electron chi connectivity index (χ0n) is 18.0. The Balaban J connectivity index is 1.35. The van der Waals surface area contributed by atoms with E-state index in [0.29, 0.717) is 23.8 Å². The molecule has 1 aliphatic rings. The number of para-hydroxylation sites is 1. The molecule has 1 aromatic heterocycles. The Bertz CT molecular complexity index is 1180. The number of hydrogen-bond donors (Lipinski definition) is 0. The average molecular weight is 468 g/mol. The molecule has 0 aliphatic carbocycles. The van der Waals surface area contributed by atoms with Crippen molar-refractivity contribution in [1.29, 1.82) is 0 Å².